The average molecular weight is 451 g/mol. The van der Waals surface area contributed by atoms with Crippen LogP contribution in [0.5, 0.6) is 0 Å². The molecule has 30 heavy (non-hydrogen) atoms. The van der Waals surface area contributed by atoms with Gasteiger partial charge in [-0.05, 0) is 6.42 Å². The summed E-state index contributed by atoms with van der Waals surface area (Å²) in [6.07, 6.45) is -1.43. The van der Waals surface area contributed by atoms with Crippen LogP contribution in [0.15, 0.2) is 0 Å². The number of nitrogens with one attached hydrogen (secondary N) is 3. The molecule has 0 aliphatic rings. The van der Waals surface area contributed by atoms with Gasteiger partial charge in [0.1, 0.15) is 18.1 Å². The van der Waals surface area contributed by atoms with Crippen LogP contribution >= 0.6 is 12.6 Å². The van der Waals surface area contributed by atoms with Crippen molar-refractivity contribution in [3.63, 3.8) is 0 Å². The minimum Gasteiger partial charge on any atom is -0.481 e. The average Bonchev–Trinajstić information content (AvgIpc) is 2.65. The Kier molecular flexibility index (Phi) is 12.0. The highest BCUT2D eigenvalue weighted by atomic mass is 32.1. The van der Waals surface area contributed by atoms with Crippen molar-refractivity contribution in [3.8, 4) is 0 Å². The summed E-state index contributed by atoms with van der Waals surface area (Å²) in [6.45, 7) is -0.937. The van der Waals surface area contributed by atoms with Crippen molar-refractivity contribution >= 4 is 48.2 Å². The number of thiol groups is 1. The van der Waals surface area contributed by atoms with Gasteiger partial charge >= 0.3 is 11.9 Å². The third kappa shape index (κ3) is 10.0. The molecule has 0 aromatic heterocycles. The number of primary amides is 1. The minimum absolute atomic E-state index is 0.247. The van der Waals surface area contributed by atoms with E-state index in [0.717, 1.165) is 0 Å². The van der Waals surface area contributed by atoms with Gasteiger partial charge in [-0.15, -0.1) is 0 Å². The lowest BCUT2D eigenvalue weighted by molar-refractivity contribution is -0.144. The number of aliphatic carboxylic acids is 2. The SMILES string of the molecule is NC(=O)CC(N)C(=O)NC(CS)C(=O)NC(CCC(=O)O)C(=O)NC(CO)C(=O)O. The van der Waals surface area contributed by atoms with E-state index in [4.69, 9.17) is 26.8 Å². The van der Waals surface area contributed by atoms with Crippen LogP contribution in [0.1, 0.15) is 19.3 Å². The molecule has 0 aliphatic carbocycles. The predicted octanol–water partition coefficient (Wildman–Crippen LogP) is -4.48. The van der Waals surface area contributed by atoms with Crippen molar-refractivity contribution in [1.82, 2.24) is 16.0 Å². The molecule has 0 bridgehead atoms. The molecule has 10 N–H and O–H groups in total. The quantitative estimate of drug-likeness (QED) is 0.114. The number of nitrogens with two attached hydrogens (primary N) is 2. The zero-order valence-corrected chi connectivity index (χ0v) is 16.6. The number of carbonyl (C=O) groups excluding carboxylic acids is 4. The molecule has 0 aromatic carbocycles. The van der Waals surface area contributed by atoms with E-state index in [1.807, 2.05) is 5.32 Å². The maximum absolute atomic E-state index is 12.4. The Morgan fingerprint density at radius 1 is 0.867 bits per heavy atom. The molecule has 0 aromatic rings. The first-order valence-electron chi connectivity index (χ1n) is 8.54. The van der Waals surface area contributed by atoms with Crippen LogP contribution in [0.2, 0.25) is 0 Å². The predicted molar refractivity (Wildman–Crippen MR) is 103 cm³/mol. The van der Waals surface area contributed by atoms with E-state index in [0.29, 0.717) is 0 Å². The Balaban J connectivity index is 5.23. The van der Waals surface area contributed by atoms with Crippen molar-refractivity contribution in [2.75, 3.05) is 12.4 Å². The zero-order valence-electron chi connectivity index (χ0n) is 15.7. The maximum Gasteiger partial charge on any atom is 0.328 e. The normalized spacial score (nSPS) is 14.5. The third-order valence-corrected chi connectivity index (χ3v) is 4.02. The first-order valence-corrected chi connectivity index (χ1v) is 9.17. The van der Waals surface area contributed by atoms with Crippen LogP contribution < -0.4 is 27.4 Å². The van der Waals surface area contributed by atoms with Gasteiger partial charge in [-0.3, -0.25) is 24.0 Å². The van der Waals surface area contributed by atoms with Crippen LogP contribution in [-0.4, -0.2) is 87.4 Å². The van der Waals surface area contributed by atoms with Crippen LogP contribution in [0.3, 0.4) is 0 Å². The Bertz CT molecular complexity index is 675. The Morgan fingerprint density at radius 2 is 1.37 bits per heavy atom. The minimum atomic E-state index is -1.67. The fraction of sp³-hybridized carbons (Fsp3) is 0.600. The fourth-order valence-electron chi connectivity index (χ4n) is 2.05. The standard InChI is InChI=1S/C15H25N5O9S/c16-6(3-10(17)22)12(25)20-9(5-30)14(27)18-7(1-2-11(23)24)13(26)19-8(4-21)15(28)29/h6-9,21,30H,1-5,16H2,(H2,17,22)(H,18,27)(H,19,26)(H,20,25)(H,23,24)(H,28,29). The highest BCUT2D eigenvalue weighted by Gasteiger charge is 2.30. The number of carboxylic acid groups (broad SMARTS) is 2. The largest absolute Gasteiger partial charge is 0.481 e. The smallest absolute Gasteiger partial charge is 0.328 e. The van der Waals surface area contributed by atoms with Crippen molar-refractivity contribution < 1.29 is 44.1 Å². The van der Waals surface area contributed by atoms with Gasteiger partial charge < -0.3 is 42.7 Å². The zero-order chi connectivity index (χ0) is 23.4. The summed E-state index contributed by atoms with van der Waals surface area (Å²) in [5, 5.41) is 33.0. The van der Waals surface area contributed by atoms with Gasteiger partial charge in [0.25, 0.3) is 0 Å². The van der Waals surface area contributed by atoms with Crippen molar-refractivity contribution in [1.29, 1.82) is 0 Å². The first kappa shape index (κ1) is 27.1. The van der Waals surface area contributed by atoms with Crippen molar-refractivity contribution in [2.45, 2.75) is 43.4 Å². The van der Waals surface area contributed by atoms with E-state index >= 15 is 0 Å². The van der Waals surface area contributed by atoms with E-state index in [9.17, 15) is 28.8 Å². The van der Waals surface area contributed by atoms with Gasteiger partial charge in [-0.1, -0.05) is 0 Å². The molecule has 0 saturated carbocycles. The number of aliphatic hydroxyl groups excluding tert-OH is 1. The molecule has 0 saturated heterocycles. The molecular formula is C15H25N5O9S. The molecule has 0 aliphatic heterocycles. The highest BCUT2D eigenvalue weighted by molar-refractivity contribution is 7.80. The summed E-state index contributed by atoms with van der Waals surface area (Å²) in [4.78, 5) is 69.2. The first-order chi connectivity index (χ1) is 13.9. The molecular weight excluding hydrogens is 426 g/mol. The summed E-state index contributed by atoms with van der Waals surface area (Å²) in [5.74, 6) is -6.80. The second kappa shape index (κ2) is 13.3. The second-order valence-corrected chi connectivity index (χ2v) is 6.46. The van der Waals surface area contributed by atoms with E-state index in [-0.39, 0.29) is 5.75 Å². The van der Waals surface area contributed by atoms with Crippen LogP contribution in [-0.2, 0) is 28.8 Å². The van der Waals surface area contributed by atoms with Gasteiger partial charge in [0.2, 0.25) is 23.6 Å². The number of rotatable bonds is 14. The number of carboxylic acids is 2. The molecule has 4 amide bonds. The van der Waals surface area contributed by atoms with Gasteiger partial charge in [0, 0.05) is 12.2 Å². The van der Waals surface area contributed by atoms with E-state index < -0.39 is 85.6 Å². The highest BCUT2D eigenvalue weighted by Crippen LogP contribution is 2.02. The van der Waals surface area contributed by atoms with E-state index in [1.54, 1.807) is 0 Å². The van der Waals surface area contributed by atoms with Gasteiger partial charge in [-0.2, -0.15) is 12.6 Å². The monoisotopic (exact) mass is 451 g/mol. The number of hydrogen-bond acceptors (Lipinski definition) is 9. The maximum atomic E-state index is 12.4. The Morgan fingerprint density at radius 3 is 1.80 bits per heavy atom. The molecule has 0 radical (unpaired) electrons. The molecule has 4 unspecified atom stereocenters. The summed E-state index contributed by atoms with van der Waals surface area (Å²) in [6, 6.07) is -5.80. The van der Waals surface area contributed by atoms with Crippen molar-refractivity contribution in [2.24, 2.45) is 11.5 Å². The summed E-state index contributed by atoms with van der Waals surface area (Å²) in [5.41, 5.74) is 10.4. The summed E-state index contributed by atoms with van der Waals surface area (Å²) in [7, 11) is 0. The van der Waals surface area contributed by atoms with Crippen LogP contribution in [0, 0.1) is 0 Å². The van der Waals surface area contributed by atoms with Crippen molar-refractivity contribution in [3.05, 3.63) is 0 Å². The van der Waals surface area contributed by atoms with Gasteiger partial charge in [0.15, 0.2) is 0 Å². The lowest BCUT2D eigenvalue weighted by Crippen LogP contribution is -2.58. The lowest BCUT2D eigenvalue weighted by atomic mass is 10.1. The van der Waals surface area contributed by atoms with E-state index in [2.05, 4.69) is 23.3 Å². The van der Waals surface area contributed by atoms with Crippen LogP contribution in [0.4, 0.5) is 0 Å². The molecule has 4 atom stereocenters. The topological polar surface area (TPSA) is 251 Å². The summed E-state index contributed by atoms with van der Waals surface area (Å²) >= 11 is 3.91. The van der Waals surface area contributed by atoms with E-state index in [1.165, 1.54) is 0 Å². The number of aliphatic hydroxyl groups is 1. The molecule has 0 spiro atoms. The second-order valence-electron chi connectivity index (χ2n) is 6.10. The van der Waals surface area contributed by atoms with Gasteiger partial charge in [-0.25, -0.2) is 4.79 Å². The molecule has 0 rings (SSSR count). The van der Waals surface area contributed by atoms with Gasteiger partial charge in [0.05, 0.1) is 19.1 Å². The molecule has 170 valence electrons. The number of hydrogen-bond donors (Lipinski definition) is 9. The molecule has 0 fully saturated rings. The summed E-state index contributed by atoms with van der Waals surface area (Å²) < 4.78 is 0. The molecule has 15 heteroatoms. The Hall–Kier alpha value is -2.91. The third-order valence-electron chi connectivity index (χ3n) is 3.65. The number of carbonyl (C=O) groups is 6. The molecule has 14 nitrogen and oxygen atoms in total. The fourth-order valence-corrected chi connectivity index (χ4v) is 2.31. The number of amides is 4. The van der Waals surface area contributed by atoms with Crippen LogP contribution in [0.25, 0.3) is 0 Å². The Labute approximate surface area is 176 Å². The molecule has 0 heterocycles. The lowest BCUT2D eigenvalue weighted by Gasteiger charge is -2.23.